The molecular weight excluding hydrogens is 342 g/mol. The average Bonchev–Trinajstić information content (AvgIpc) is 2.96. The van der Waals surface area contributed by atoms with Crippen molar-refractivity contribution in [2.45, 2.75) is 32.7 Å². The van der Waals surface area contributed by atoms with E-state index >= 15 is 0 Å². The first kappa shape index (κ1) is 17.5. The topological polar surface area (TPSA) is 75.4 Å². The highest BCUT2D eigenvalue weighted by Gasteiger charge is 2.36. The van der Waals surface area contributed by atoms with Crippen molar-refractivity contribution in [3.8, 4) is 5.69 Å². The van der Waals surface area contributed by atoms with Crippen molar-refractivity contribution in [1.29, 1.82) is 0 Å². The Morgan fingerprint density at radius 2 is 2.04 bits per heavy atom. The van der Waals surface area contributed by atoms with E-state index in [1.54, 1.807) is 17.7 Å². The number of halogens is 1. The fourth-order valence-electron chi connectivity index (χ4n) is 3.26. The van der Waals surface area contributed by atoms with Crippen LogP contribution in [0.4, 0.5) is 0 Å². The van der Waals surface area contributed by atoms with E-state index in [1.807, 2.05) is 25.1 Å². The van der Waals surface area contributed by atoms with Crippen LogP contribution in [0, 0.1) is 12.8 Å². The number of carboxylic acids is 1. The van der Waals surface area contributed by atoms with Gasteiger partial charge in [0.1, 0.15) is 6.04 Å². The minimum Gasteiger partial charge on any atom is -0.480 e. The molecule has 0 saturated carbocycles. The van der Waals surface area contributed by atoms with Crippen molar-refractivity contribution in [3.05, 3.63) is 46.7 Å². The highest BCUT2D eigenvalue weighted by Crippen LogP contribution is 2.27. The van der Waals surface area contributed by atoms with Gasteiger partial charge in [0.2, 0.25) is 0 Å². The second-order valence-corrected chi connectivity index (χ2v) is 6.90. The molecule has 7 heteroatoms. The van der Waals surface area contributed by atoms with Gasteiger partial charge in [0.25, 0.3) is 5.91 Å². The summed E-state index contributed by atoms with van der Waals surface area (Å²) in [6.45, 7) is 4.23. The van der Waals surface area contributed by atoms with Gasteiger partial charge in [-0.25, -0.2) is 9.48 Å². The molecule has 1 saturated heterocycles. The van der Waals surface area contributed by atoms with Crippen LogP contribution in [0.5, 0.6) is 0 Å². The van der Waals surface area contributed by atoms with Gasteiger partial charge in [-0.05, 0) is 37.8 Å². The van der Waals surface area contributed by atoms with Gasteiger partial charge < -0.3 is 10.0 Å². The van der Waals surface area contributed by atoms with Crippen molar-refractivity contribution in [2.24, 2.45) is 5.92 Å². The van der Waals surface area contributed by atoms with Crippen molar-refractivity contribution in [3.63, 3.8) is 0 Å². The Labute approximate surface area is 151 Å². The second kappa shape index (κ2) is 6.88. The molecule has 2 heterocycles. The smallest absolute Gasteiger partial charge is 0.326 e. The maximum atomic E-state index is 12.9. The van der Waals surface area contributed by atoms with E-state index in [1.165, 1.54) is 11.1 Å². The van der Waals surface area contributed by atoms with Crippen LogP contribution in [-0.4, -0.2) is 44.3 Å². The van der Waals surface area contributed by atoms with Gasteiger partial charge >= 0.3 is 5.97 Å². The van der Waals surface area contributed by atoms with Gasteiger partial charge in [-0.15, -0.1) is 0 Å². The third-order valence-electron chi connectivity index (χ3n) is 4.73. The number of piperidine rings is 1. The number of carboxylic acid groups (broad SMARTS) is 1. The van der Waals surface area contributed by atoms with Crippen LogP contribution in [0.2, 0.25) is 5.02 Å². The van der Waals surface area contributed by atoms with Gasteiger partial charge in [-0.3, -0.25) is 4.79 Å². The Kier molecular flexibility index (Phi) is 4.81. The summed E-state index contributed by atoms with van der Waals surface area (Å²) in [5.74, 6) is -0.969. The Morgan fingerprint density at radius 3 is 2.72 bits per heavy atom. The van der Waals surface area contributed by atoms with E-state index < -0.39 is 12.0 Å². The van der Waals surface area contributed by atoms with Crippen molar-refractivity contribution in [2.75, 3.05) is 6.54 Å². The number of likely N-dealkylation sites (tertiary alicyclic amines) is 1. The van der Waals surface area contributed by atoms with Crippen molar-refractivity contribution >= 4 is 23.5 Å². The van der Waals surface area contributed by atoms with Gasteiger partial charge in [-0.2, -0.15) is 5.10 Å². The molecule has 2 aromatic rings. The molecule has 0 bridgehead atoms. The average molecular weight is 362 g/mol. The number of nitrogens with zero attached hydrogens (tertiary/aromatic N) is 3. The first-order chi connectivity index (χ1) is 11.9. The highest BCUT2D eigenvalue weighted by molar-refractivity contribution is 6.32. The first-order valence-corrected chi connectivity index (χ1v) is 8.61. The number of amides is 1. The fraction of sp³-hybridized carbons (Fsp3) is 0.389. The molecule has 132 valence electrons. The molecule has 1 amide bonds. The molecule has 2 unspecified atom stereocenters. The number of para-hydroxylation sites is 1. The van der Waals surface area contributed by atoms with E-state index in [0.29, 0.717) is 34.9 Å². The van der Waals surface area contributed by atoms with Crippen LogP contribution < -0.4 is 0 Å². The number of hydrogen-bond donors (Lipinski definition) is 1. The lowest BCUT2D eigenvalue weighted by atomic mass is 9.92. The van der Waals surface area contributed by atoms with E-state index in [9.17, 15) is 14.7 Å². The normalized spacial score (nSPS) is 20.5. The summed E-state index contributed by atoms with van der Waals surface area (Å²) in [4.78, 5) is 26.0. The molecule has 25 heavy (non-hydrogen) atoms. The Balaban J connectivity index is 1.93. The van der Waals surface area contributed by atoms with Gasteiger partial charge in [0.15, 0.2) is 0 Å². The molecule has 6 nitrogen and oxygen atoms in total. The van der Waals surface area contributed by atoms with Gasteiger partial charge in [0.05, 0.1) is 28.2 Å². The lowest BCUT2D eigenvalue weighted by Crippen LogP contribution is -2.49. The predicted molar refractivity (Wildman–Crippen MR) is 94.2 cm³/mol. The van der Waals surface area contributed by atoms with E-state index in [4.69, 9.17) is 11.6 Å². The van der Waals surface area contributed by atoms with E-state index in [2.05, 4.69) is 5.10 Å². The standard InChI is InChI=1S/C18H20ClN3O3/c1-11-7-8-21(16(9-11)18(24)25)17(23)13-10-20-22(12(13)2)15-6-4-3-5-14(15)19/h3-6,10-11,16H,7-9H2,1-2H3,(H,24,25). The largest absolute Gasteiger partial charge is 0.480 e. The summed E-state index contributed by atoms with van der Waals surface area (Å²) in [6.07, 6.45) is 2.75. The van der Waals surface area contributed by atoms with Crippen molar-refractivity contribution < 1.29 is 14.7 Å². The van der Waals surface area contributed by atoms with Gasteiger partial charge in [-0.1, -0.05) is 30.7 Å². The van der Waals surface area contributed by atoms with Crippen LogP contribution in [-0.2, 0) is 4.79 Å². The SMILES string of the molecule is Cc1c(C(=O)N2CCC(C)CC2C(=O)O)cnn1-c1ccccc1Cl. The summed E-state index contributed by atoms with van der Waals surface area (Å²) < 4.78 is 1.61. The zero-order valence-electron chi connectivity index (χ0n) is 14.1. The first-order valence-electron chi connectivity index (χ1n) is 8.23. The molecule has 1 fully saturated rings. The molecule has 1 aromatic heterocycles. The predicted octanol–water partition coefficient (Wildman–Crippen LogP) is 3.16. The summed E-state index contributed by atoms with van der Waals surface area (Å²) in [5, 5.41) is 14.3. The number of hydrogen-bond acceptors (Lipinski definition) is 3. The number of carbonyl (C=O) groups is 2. The van der Waals surface area contributed by atoms with Crippen LogP contribution in [0.25, 0.3) is 5.69 Å². The minimum absolute atomic E-state index is 0.289. The third-order valence-corrected chi connectivity index (χ3v) is 5.05. The maximum absolute atomic E-state index is 12.9. The molecular formula is C18H20ClN3O3. The highest BCUT2D eigenvalue weighted by atomic mass is 35.5. The number of aliphatic carboxylic acids is 1. The molecule has 1 aliphatic rings. The fourth-order valence-corrected chi connectivity index (χ4v) is 3.48. The number of benzene rings is 1. The molecule has 1 aromatic carbocycles. The molecule has 0 radical (unpaired) electrons. The van der Waals surface area contributed by atoms with Gasteiger partial charge in [0, 0.05) is 6.54 Å². The number of aromatic nitrogens is 2. The monoisotopic (exact) mass is 361 g/mol. The number of rotatable bonds is 3. The lowest BCUT2D eigenvalue weighted by Gasteiger charge is -2.35. The lowest BCUT2D eigenvalue weighted by molar-refractivity contribution is -0.144. The van der Waals surface area contributed by atoms with Crippen LogP contribution in [0.3, 0.4) is 0 Å². The molecule has 1 N–H and O–H groups in total. The van der Waals surface area contributed by atoms with Crippen LogP contribution in [0.15, 0.2) is 30.5 Å². The number of carbonyl (C=O) groups excluding carboxylic acids is 1. The van der Waals surface area contributed by atoms with E-state index in [0.717, 1.165) is 6.42 Å². The quantitative estimate of drug-likeness (QED) is 0.911. The van der Waals surface area contributed by atoms with Crippen LogP contribution >= 0.6 is 11.6 Å². The summed E-state index contributed by atoms with van der Waals surface area (Å²) in [7, 11) is 0. The zero-order valence-corrected chi connectivity index (χ0v) is 14.9. The molecule has 0 spiro atoms. The summed E-state index contributed by atoms with van der Waals surface area (Å²) in [5.41, 5.74) is 1.73. The summed E-state index contributed by atoms with van der Waals surface area (Å²) >= 11 is 6.22. The molecule has 3 rings (SSSR count). The van der Waals surface area contributed by atoms with Crippen LogP contribution in [0.1, 0.15) is 35.8 Å². The minimum atomic E-state index is -0.962. The molecule has 2 atom stereocenters. The molecule has 1 aliphatic heterocycles. The third kappa shape index (κ3) is 3.26. The zero-order chi connectivity index (χ0) is 18.1. The Bertz CT molecular complexity index is 818. The molecule has 0 aliphatic carbocycles. The summed E-state index contributed by atoms with van der Waals surface area (Å²) in [6, 6.07) is 6.45. The Hall–Kier alpha value is -2.34. The second-order valence-electron chi connectivity index (χ2n) is 6.49. The Morgan fingerprint density at radius 1 is 1.32 bits per heavy atom. The maximum Gasteiger partial charge on any atom is 0.326 e. The van der Waals surface area contributed by atoms with Crippen molar-refractivity contribution in [1.82, 2.24) is 14.7 Å². The van der Waals surface area contributed by atoms with E-state index in [-0.39, 0.29) is 11.8 Å².